The molecule has 2 aromatic rings. The Kier molecular flexibility index (Phi) is 5.23. The average Bonchev–Trinajstić information content (AvgIpc) is 2.90. The molecule has 1 amide bonds. The first-order valence-corrected chi connectivity index (χ1v) is 8.98. The van der Waals surface area contributed by atoms with Crippen molar-refractivity contribution in [2.24, 2.45) is 4.99 Å². The van der Waals surface area contributed by atoms with Crippen molar-refractivity contribution in [3.8, 4) is 0 Å². The summed E-state index contributed by atoms with van der Waals surface area (Å²) >= 11 is 1.28. The monoisotopic (exact) mass is 366 g/mol. The number of hydrogen-bond acceptors (Lipinski definition) is 4. The lowest BCUT2D eigenvalue weighted by Crippen LogP contribution is -2.23. The van der Waals surface area contributed by atoms with Gasteiger partial charge in [-0.3, -0.25) is 9.69 Å². The largest absolute Gasteiger partial charge is 0.478 e. The second-order valence-electron chi connectivity index (χ2n) is 5.82. The number of carboxylic acids is 1. The second-order valence-corrected chi connectivity index (χ2v) is 6.83. The molecule has 5 nitrogen and oxygen atoms in total. The van der Waals surface area contributed by atoms with Crippen molar-refractivity contribution in [3.05, 3.63) is 70.1 Å². The maximum Gasteiger partial charge on any atom is 0.335 e. The number of carbonyl (C=O) groups excluding carboxylic acids is 1. The molecule has 1 aliphatic rings. The number of benzene rings is 2. The van der Waals surface area contributed by atoms with Gasteiger partial charge in [-0.1, -0.05) is 37.3 Å². The van der Waals surface area contributed by atoms with Gasteiger partial charge in [0.25, 0.3) is 5.91 Å². The molecule has 1 N–H and O–H groups in total. The van der Waals surface area contributed by atoms with Crippen molar-refractivity contribution < 1.29 is 14.7 Å². The summed E-state index contributed by atoms with van der Waals surface area (Å²) in [4.78, 5) is 30.0. The van der Waals surface area contributed by atoms with Gasteiger partial charge in [-0.15, -0.1) is 0 Å². The summed E-state index contributed by atoms with van der Waals surface area (Å²) in [6.45, 7) is 2.10. The normalized spacial score (nSPS) is 17.3. The zero-order valence-electron chi connectivity index (χ0n) is 14.5. The number of rotatable bonds is 4. The Hall–Kier alpha value is -2.86. The second kappa shape index (κ2) is 7.58. The molecule has 1 saturated heterocycles. The number of carbonyl (C=O) groups is 2. The molecule has 0 spiro atoms. The van der Waals surface area contributed by atoms with Gasteiger partial charge in [0, 0.05) is 7.05 Å². The van der Waals surface area contributed by atoms with E-state index in [0.717, 1.165) is 12.0 Å². The Bertz CT molecular complexity index is 917. The third-order valence-corrected chi connectivity index (χ3v) is 5.07. The molecule has 3 rings (SSSR count). The van der Waals surface area contributed by atoms with Crippen LogP contribution in [-0.4, -0.2) is 34.1 Å². The maximum absolute atomic E-state index is 12.5. The lowest BCUT2D eigenvalue weighted by Gasteiger charge is -2.07. The average molecular weight is 366 g/mol. The molecule has 26 heavy (non-hydrogen) atoms. The predicted molar refractivity (Wildman–Crippen MR) is 105 cm³/mol. The van der Waals surface area contributed by atoms with Crippen LogP contribution < -0.4 is 0 Å². The maximum atomic E-state index is 12.5. The number of aromatic carboxylic acids is 1. The zero-order chi connectivity index (χ0) is 18.7. The molecule has 0 saturated carbocycles. The third-order valence-electron chi connectivity index (χ3n) is 4.01. The van der Waals surface area contributed by atoms with Crippen LogP contribution in [0.1, 0.15) is 28.4 Å². The van der Waals surface area contributed by atoms with Gasteiger partial charge >= 0.3 is 5.97 Å². The number of likely N-dealkylation sites (N-methyl/N-ethyl adjacent to an activating group) is 1. The molecule has 0 atom stereocenters. The highest BCUT2D eigenvalue weighted by atomic mass is 32.2. The van der Waals surface area contributed by atoms with Gasteiger partial charge < -0.3 is 5.11 Å². The van der Waals surface area contributed by atoms with E-state index in [-0.39, 0.29) is 11.5 Å². The van der Waals surface area contributed by atoms with Crippen LogP contribution in [0.2, 0.25) is 0 Å². The summed E-state index contributed by atoms with van der Waals surface area (Å²) in [5, 5.41) is 9.60. The van der Waals surface area contributed by atoms with Crippen LogP contribution in [0.4, 0.5) is 5.69 Å². The minimum atomic E-state index is -1.01. The van der Waals surface area contributed by atoms with Crippen LogP contribution >= 0.6 is 11.8 Å². The van der Waals surface area contributed by atoms with E-state index in [9.17, 15) is 9.59 Å². The molecular formula is C20H18N2O3S. The summed E-state index contributed by atoms with van der Waals surface area (Å²) in [5.74, 6) is -1.13. The fourth-order valence-electron chi connectivity index (χ4n) is 2.47. The van der Waals surface area contributed by atoms with E-state index in [4.69, 9.17) is 5.11 Å². The van der Waals surface area contributed by atoms with Crippen molar-refractivity contribution in [3.63, 3.8) is 0 Å². The molecule has 2 aromatic carbocycles. The van der Waals surface area contributed by atoms with Crippen LogP contribution in [0.25, 0.3) is 6.08 Å². The van der Waals surface area contributed by atoms with Crippen LogP contribution in [0.3, 0.4) is 0 Å². The summed E-state index contributed by atoms with van der Waals surface area (Å²) in [5.41, 5.74) is 2.87. The van der Waals surface area contributed by atoms with Crippen molar-refractivity contribution in [1.82, 2.24) is 4.90 Å². The van der Waals surface area contributed by atoms with E-state index < -0.39 is 5.97 Å². The Morgan fingerprint density at radius 1 is 1.23 bits per heavy atom. The van der Waals surface area contributed by atoms with Crippen LogP contribution in [0.5, 0.6) is 0 Å². The summed E-state index contributed by atoms with van der Waals surface area (Å²) in [7, 11) is 1.66. The highest BCUT2D eigenvalue weighted by Crippen LogP contribution is 2.33. The number of aryl methyl sites for hydroxylation is 1. The van der Waals surface area contributed by atoms with E-state index in [2.05, 4.69) is 11.9 Å². The minimum Gasteiger partial charge on any atom is -0.478 e. The highest BCUT2D eigenvalue weighted by molar-refractivity contribution is 8.18. The van der Waals surface area contributed by atoms with Crippen molar-refractivity contribution in [2.45, 2.75) is 13.3 Å². The van der Waals surface area contributed by atoms with Crippen LogP contribution in [-0.2, 0) is 11.2 Å². The molecule has 1 heterocycles. The Balaban J connectivity index is 1.87. The van der Waals surface area contributed by atoms with Crippen molar-refractivity contribution in [1.29, 1.82) is 0 Å². The highest BCUT2D eigenvalue weighted by Gasteiger charge is 2.30. The Labute approximate surface area is 156 Å². The van der Waals surface area contributed by atoms with E-state index in [1.807, 2.05) is 30.3 Å². The van der Waals surface area contributed by atoms with Gasteiger partial charge in [-0.05, 0) is 53.6 Å². The van der Waals surface area contributed by atoms with Crippen molar-refractivity contribution >= 4 is 40.6 Å². The summed E-state index contributed by atoms with van der Waals surface area (Å²) in [6.07, 6.45) is 2.82. The van der Waals surface area contributed by atoms with Gasteiger partial charge in [0.15, 0.2) is 5.17 Å². The number of hydrogen-bond donors (Lipinski definition) is 1. The van der Waals surface area contributed by atoms with E-state index >= 15 is 0 Å². The fraction of sp³-hybridized carbons (Fsp3) is 0.150. The summed E-state index contributed by atoms with van der Waals surface area (Å²) < 4.78 is 0. The molecular weight excluding hydrogens is 348 g/mol. The smallest absolute Gasteiger partial charge is 0.335 e. The SMILES string of the molecule is CCc1ccc(/C=C2\SC(=Nc3cccc(C(=O)O)c3)N(C)C2=O)cc1. The van der Waals surface area contributed by atoms with Gasteiger partial charge in [0.2, 0.25) is 0 Å². The number of thioether (sulfide) groups is 1. The van der Waals surface area contributed by atoms with Gasteiger partial charge in [-0.25, -0.2) is 9.79 Å². The van der Waals surface area contributed by atoms with Gasteiger partial charge in [-0.2, -0.15) is 0 Å². The van der Waals surface area contributed by atoms with E-state index in [1.165, 1.54) is 34.4 Å². The molecule has 6 heteroatoms. The Morgan fingerprint density at radius 2 is 1.96 bits per heavy atom. The molecule has 0 aliphatic carbocycles. The standard InChI is InChI=1S/C20H18N2O3S/c1-3-13-7-9-14(10-8-13)11-17-18(23)22(2)20(26-17)21-16-6-4-5-15(12-16)19(24)25/h4-12H,3H2,1-2H3,(H,24,25)/b17-11-,21-20?. The predicted octanol–water partition coefficient (Wildman–Crippen LogP) is 4.18. The Morgan fingerprint density at radius 3 is 2.62 bits per heavy atom. The van der Waals surface area contributed by atoms with Crippen LogP contribution in [0, 0.1) is 0 Å². The minimum absolute atomic E-state index is 0.122. The lowest BCUT2D eigenvalue weighted by molar-refractivity contribution is -0.121. The number of carboxylic acid groups (broad SMARTS) is 1. The topological polar surface area (TPSA) is 70.0 Å². The van der Waals surface area contributed by atoms with Gasteiger partial charge in [0.1, 0.15) is 0 Å². The molecule has 0 radical (unpaired) electrons. The molecule has 0 aromatic heterocycles. The number of nitrogens with zero attached hydrogens (tertiary/aromatic N) is 2. The molecule has 1 aliphatic heterocycles. The molecule has 0 bridgehead atoms. The van der Waals surface area contributed by atoms with E-state index in [1.54, 1.807) is 19.2 Å². The first-order valence-electron chi connectivity index (χ1n) is 8.16. The number of aliphatic imine (C=N–C) groups is 1. The zero-order valence-corrected chi connectivity index (χ0v) is 15.3. The quantitative estimate of drug-likeness (QED) is 0.824. The van der Waals surface area contributed by atoms with Crippen LogP contribution in [0.15, 0.2) is 58.4 Å². The molecule has 0 unspecified atom stereocenters. The fourth-order valence-corrected chi connectivity index (χ4v) is 3.46. The van der Waals surface area contributed by atoms with Crippen molar-refractivity contribution in [2.75, 3.05) is 7.05 Å². The number of amides is 1. The summed E-state index contributed by atoms with van der Waals surface area (Å²) in [6, 6.07) is 14.4. The third kappa shape index (κ3) is 3.86. The first-order chi connectivity index (χ1) is 12.5. The van der Waals surface area contributed by atoms with E-state index in [0.29, 0.717) is 15.8 Å². The van der Waals surface area contributed by atoms with Gasteiger partial charge in [0.05, 0.1) is 16.2 Å². The number of amidine groups is 1. The molecule has 1 fully saturated rings. The molecule has 132 valence electrons. The first kappa shape index (κ1) is 17.9. The lowest BCUT2D eigenvalue weighted by atomic mass is 10.1.